The van der Waals surface area contributed by atoms with Crippen LogP contribution >= 0.6 is 0 Å². The van der Waals surface area contributed by atoms with Crippen LogP contribution in [0.4, 0.5) is 0 Å². The summed E-state index contributed by atoms with van der Waals surface area (Å²) in [6, 6.07) is 1.98. The average molecular weight is 226 g/mol. The monoisotopic (exact) mass is 226 g/mol. The lowest BCUT2D eigenvalue weighted by molar-refractivity contribution is -0.131. The molecule has 2 heterocycles. The van der Waals surface area contributed by atoms with Crippen LogP contribution in [0.15, 0.2) is 6.07 Å². The lowest BCUT2D eigenvalue weighted by Crippen LogP contribution is -2.39. The van der Waals surface area contributed by atoms with Crippen LogP contribution in [0.2, 0.25) is 0 Å². The lowest BCUT2D eigenvalue weighted by Gasteiger charge is -2.27. The van der Waals surface area contributed by atoms with Gasteiger partial charge in [0.1, 0.15) is 6.10 Å². The molecule has 16 heavy (non-hydrogen) atoms. The first-order valence-corrected chi connectivity index (χ1v) is 5.54. The topological polar surface area (TPSA) is 56.5 Å². The van der Waals surface area contributed by atoms with Crippen LogP contribution in [0.5, 0.6) is 0 Å². The third-order valence-corrected chi connectivity index (χ3v) is 2.79. The van der Waals surface area contributed by atoms with Crippen molar-refractivity contribution in [3.8, 4) is 0 Å². The van der Waals surface area contributed by atoms with Gasteiger partial charge in [0.05, 0.1) is 31.6 Å². The molecule has 1 saturated heterocycles. The number of ether oxygens (including phenoxy) is 2. The van der Waals surface area contributed by atoms with Gasteiger partial charge in [-0.15, -0.1) is 0 Å². The van der Waals surface area contributed by atoms with E-state index in [0.29, 0.717) is 26.2 Å². The number of nitrogens with zero attached hydrogens (tertiary/aromatic N) is 2. The highest BCUT2D eigenvalue weighted by molar-refractivity contribution is 5.10. The molecule has 1 fully saturated rings. The van der Waals surface area contributed by atoms with Crippen LogP contribution < -0.4 is 0 Å². The lowest BCUT2D eigenvalue weighted by atomic mass is 10.1. The van der Waals surface area contributed by atoms with Gasteiger partial charge in [-0.05, 0) is 13.0 Å². The fraction of sp³-hybridized carbons (Fsp3) is 0.727. The number of aromatic nitrogens is 2. The molecule has 1 N–H and O–H groups in total. The zero-order valence-electron chi connectivity index (χ0n) is 9.72. The molecule has 1 aromatic heterocycles. The molecule has 1 aliphatic rings. The molecule has 5 heteroatoms. The highest BCUT2D eigenvalue weighted by Gasteiger charge is 2.24. The molecule has 0 bridgehead atoms. The third kappa shape index (κ3) is 2.61. The predicted octanol–water partition coefficient (Wildman–Crippen LogP) is 0.0473. The van der Waals surface area contributed by atoms with Crippen LogP contribution in [0.25, 0.3) is 0 Å². The molecule has 2 atom stereocenters. The van der Waals surface area contributed by atoms with Gasteiger partial charge in [0.15, 0.2) is 0 Å². The smallest absolute Gasteiger partial charge is 0.107 e. The molecule has 0 aromatic carbocycles. The number of aryl methyl sites for hydroxylation is 2. The van der Waals surface area contributed by atoms with E-state index in [4.69, 9.17) is 9.47 Å². The Bertz CT molecular complexity index is 345. The third-order valence-electron chi connectivity index (χ3n) is 2.79. The van der Waals surface area contributed by atoms with Crippen molar-refractivity contribution in [2.24, 2.45) is 7.05 Å². The minimum atomic E-state index is -0.532. The molecule has 1 aliphatic heterocycles. The van der Waals surface area contributed by atoms with E-state index < -0.39 is 6.10 Å². The van der Waals surface area contributed by atoms with Gasteiger partial charge >= 0.3 is 0 Å². The zero-order chi connectivity index (χ0) is 11.5. The van der Waals surface area contributed by atoms with Gasteiger partial charge < -0.3 is 14.6 Å². The molecule has 1 aromatic rings. The van der Waals surface area contributed by atoms with E-state index in [1.54, 1.807) is 4.68 Å². The molecule has 0 amide bonds. The van der Waals surface area contributed by atoms with E-state index in [-0.39, 0.29) is 6.10 Å². The maximum Gasteiger partial charge on any atom is 0.107 e. The molecule has 0 spiro atoms. The van der Waals surface area contributed by atoms with Crippen LogP contribution in [0, 0.1) is 6.92 Å². The Kier molecular flexibility index (Phi) is 3.58. The van der Waals surface area contributed by atoms with Crippen molar-refractivity contribution >= 4 is 0 Å². The summed E-state index contributed by atoms with van der Waals surface area (Å²) < 4.78 is 12.5. The van der Waals surface area contributed by atoms with Crippen molar-refractivity contribution in [1.82, 2.24) is 9.78 Å². The summed E-state index contributed by atoms with van der Waals surface area (Å²) >= 11 is 0. The van der Waals surface area contributed by atoms with E-state index in [9.17, 15) is 5.11 Å². The van der Waals surface area contributed by atoms with Crippen molar-refractivity contribution in [2.75, 3.05) is 19.8 Å². The fourth-order valence-electron chi connectivity index (χ4n) is 1.93. The van der Waals surface area contributed by atoms with Crippen molar-refractivity contribution in [3.63, 3.8) is 0 Å². The number of aliphatic hydroxyl groups is 1. The molecular formula is C11H18N2O3. The first-order chi connectivity index (χ1) is 7.66. The van der Waals surface area contributed by atoms with Gasteiger partial charge in [-0.3, -0.25) is 4.68 Å². The Morgan fingerprint density at radius 2 is 2.44 bits per heavy atom. The van der Waals surface area contributed by atoms with Gasteiger partial charge in [-0.2, -0.15) is 5.10 Å². The summed E-state index contributed by atoms with van der Waals surface area (Å²) in [4.78, 5) is 0. The Labute approximate surface area is 95.0 Å². The van der Waals surface area contributed by atoms with E-state index in [1.807, 2.05) is 20.0 Å². The summed E-state index contributed by atoms with van der Waals surface area (Å²) in [5.41, 5.74) is 1.98. The second-order valence-corrected chi connectivity index (χ2v) is 4.16. The Morgan fingerprint density at radius 1 is 1.62 bits per heavy atom. The van der Waals surface area contributed by atoms with E-state index in [1.165, 1.54) is 0 Å². The zero-order valence-corrected chi connectivity index (χ0v) is 9.72. The minimum absolute atomic E-state index is 0.219. The van der Waals surface area contributed by atoms with Crippen LogP contribution in [0.3, 0.4) is 0 Å². The fourth-order valence-corrected chi connectivity index (χ4v) is 1.93. The van der Waals surface area contributed by atoms with Gasteiger partial charge in [-0.25, -0.2) is 0 Å². The Morgan fingerprint density at radius 3 is 3.00 bits per heavy atom. The van der Waals surface area contributed by atoms with E-state index in [0.717, 1.165) is 11.4 Å². The molecule has 2 rings (SSSR count). The first-order valence-electron chi connectivity index (χ1n) is 5.54. The Hall–Kier alpha value is -0.910. The minimum Gasteiger partial charge on any atom is -0.390 e. The van der Waals surface area contributed by atoms with E-state index >= 15 is 0 Å². The number of hydrogen-bond donors (Lipinski definition) is 1. The van der Waals surface area contributed by atoms with Gasteiger partial charge in [0.2, 0.25) is 0 Å². The summed E-state index contributed by atoms with van der Waals surface area (Å²) in [5.74, 6) is 0. The standard InChI is InChI=1S/C11H18N2O3/c1-8-5-9(13(2)12-8)6-10(14)11-7-15-3-4-16-11/h5,10-11,14H,3-4,6-7H2,1-2H3. The molecular weight excluding hydrogens is 208 g/mol. The second kappa shape index (κ2) is 4.95. The van der Waals surface area contributed by atoms with Gasteiger partial charge in [0.25, 0.3) is 0 Å². The Balaban J connectivity index is 1.95. The summed E-state index contributed by atoms with van der Waals surface area (Å²) in [6.07, 6.45) is -0.204. The summed E-state index contributed by atoms with van der Waals surface area (Å²) in [5, 5.41) is 14.3. The highest BCUT2D eigenvalue weighted by atomic mass is 16.6. The van der Waals surface area contributed by atoms with E-state index in [2.05, 4.69) is 5.10 Å². The maximum atomic E-state index is 10.0. The van der Waals surface area contributed by atoms with Crippen molar-refractivity contribution in [3.05, 3.63) is 17.5 Å². The molecule has 5 nitrogen and oxygen atoms in total. The summed E-state index contributed by atoms with van der Waals surface area (Å²) in [7, 11) is 1.88. The first kappa shape index (κ1) is 11.6. The number of aliphatic hydroxyl groups excluding tert-OH is 1. The number of rotatable bonds is 3. The van der Waals surface area contributed by atoms with Crippen molar-refractivity contribution in [2.45, 2.75) is 25.6 Å². The normalized spacial score (nSPS) is 23.3. The predicted molar refractivity (Wildman–Crippen MR) is 58.2 cm³/mol. The molecule has 2 unspecified atom stereocenters. The van der Waals surface area contributed by atoms with Crippen LogP contribution in [-0.4, -0.2) is 46.9 Å². The highest BCUT2D eigenvalue weighted by Crippen LogP contribution is 2.12. The van der Waals surface area contributed by atoms with Gasteiger partial charge in [0, 0.05) is 19.2 Å². The SMILES string of the molecule is Cc1cc(CC(O)C2COCCO2)n(C)n1. The summed E-state index contributed by atoms with van der Waals surface area (Å²) in [6.45, 7) is 3.59. The van der Waals surface area contributed by atoms with Crippen LogP contribution in [-0.2, 0) is 22.9 Å². The molecule has 0 saturated carbocycles. The van der Waals surface area contributed by atoms with Crippen molar-refractivity contribution < 1.29 is 14.6 Å². The quantitative estimate of drug-likeness (QED) is 0.791. The second-order valence-electron chi connectivity index (χ2n) is 4.16. The molecule has 90 valence electrons. The maximum absolute atomic E-state index is 10.0. The van der Waals surface area contributed by atoms with Gasteiger partial charge in [-0.1, -0.05) is 0 Å². The molecule has 0 aliphatic carbocycles. The number of hydrogen-bond acceptors (Lipinski definition) is 4. The average Bonchev–Trinajstić information content (AvgIpc) is 2.59. The molecule has 0 radical (unpaired) electrons. The largest absolute Gasteiger partial charge is 0.390 e. The van der Waals surface area contributed by atoms with Crippen LogP contribution in [0.1, 0.15) is 11.4 Å². The van der Waals surface area contributed by atoms with Crippen molar-refractivity contribution in [1.29, 1.82) is 0 Å².